The summed E-state index contributed by atoms with van der Waals surface area (Å²) in [6, 6.07) is 23.4. The van der Waals surface area contributed by atoms with E-state index >= 15 is 0 Å². The topological polar surface area (TPSA) is 139 Å². The van der Waals surface area contributed by atoms with Gasteiger partial charge in [0.25, 0.3) is 0 Å². The van der Waals surface area contributed by atoms with Gasteiger partial charge in [0, 0.05) is 30.4 Å². The second-order valence-electron chi connectivity index (χ2n) is 10.7. The van der Waals surface area contributed by atoms with Crippen molar-refractivity contribution in [3.63, 3.8) is 0 Å². The highest BCUT2D eigenvalue weighted by Gasteiger charge is 2.30. The molecule has 2 heterocycles. The molecule has 1 atom stereocenters. The number of carboxylic acid groups (broad SMARTS) is 1. The normalized spacial score (nSPS) is 14.9. The molecule has 0 amide bonds. The van der Waals surface area contributed by atoms with Gasteiger partial charge in [-0.1, -0.05) is 55.0 Å². The zero-order valence-electron chi connectivity index (χ0n) is 24.3. The van der Waals surface area contributed by atoms with Gasteiger partial charge in [-0.2, -0.15) is 5.26 Å². The van der Waals surface area contributed by atoms with Gasteiger partial charge in [-0.15, -0.1) is 0 Å². The van der Waals surface area contributed by atoms with E-state index in [1.54, 1.807) is 12.1 Å². The first-order valence-corrected chi connectivity index (χ1v) is 14.4. The summed E-state index contributed by atoms with van der Waals surface area (Å²) in [5, 5.41) is 31.3. The Labute approximate surface area is 255 Å². The Kier molecular flexibility index (Phi) is 9.47. The molecule has 1 aliphatic rings. The van der Waals surface area contributed by atoms with Crippen molar-refractivity contribution in [2.45, 2.75) is 52.0 Å². The van der Waals surface area contributed by atoms with Gasteiger partial charge in [0.15, 0.2) is 0 Å². The predicted molar refractivity (Wildman–Crippen MR) is 163 cm³/mol. The minimum atomic E-state index is -0.921. The summed E-state index contributed by atoms with van der Waals surface area (Å²) in [5.74, 6) is -0.542. The van der Waals surface area contributed by atoms with Gasteiger partial charge in [0.05, 0.1) is 4.92 Å². The van der Waals surface area contributed by atoms with Crippen LogP contribution in [0.3, 0.4) is 0 Å². The van der Waals surface area contributed by atoms with Gasteiger partial charge >= 0.3 is 11.7 Å². The highest BCUT2D eigenvalue weighted by Crippen LogP contribution is 2.38. The number of nitro benzene ring substituents is 1. The Morgan fingerprint density at radius 3 is 2.59 bits per heavy atom. The molecule has 0 radical (unpaired) electrons. The molecule has 5 rings (SSSR count). The molecule has 0 spiro atoms. The Morgan fingerprint density at radius 1 is 1.05 bits per heavy atom. The van der Waals surface area contributed by atoms with Crippen LogP contribution in [0.1, 0.15) is 47.2 Å². The number of rotatable bonds is 11. The van der Waals surface area contributed by atoms with Gasteiger partial charge in [0.1, 0.15) is 36.8 Å². The van der Waals surface area contributed by atoms with Crippen LogP contribution in [0.4, 0.5) is 5.69 Å². The lowest BCUT2D eigenvalue weighted by Crippen LogP contribution is -2.44. The molecule has 1 N–H and O–H groups in total. The van der Waals surface area contributed by atoms with Crippen molar-refractivity contribution in [2.75, 3.05) is 6.54 Å². The average Bonchev–Trinajstić information content (AvgIpc) is 3.04. The number of aromatic nitrogens is 1. The van der Waals surface area contributed by atoms with Gasteiger partial charge in [-0.3, -0.25) is 19.8 Å². The van der Waals surface area contributed by atoms with Crippen LogP contribution in [0.2, 0.25) is 0 Å². The van der Waals surface area contributed by atoms with Crippen molar-refractivity contribution in [3.05, 3.63) is 117 Å². The van der Waals surface area contributed by atoms with Crippen LogP contribution in [0.5, 0.6) is 11.5 Å². The first kappa shape index (κ1) is 30.2. The number of hydrogen-bond acceptors (Lipinski definition) is 8. The third-order valence-electron chi connectivity index (χ3n) is 7.86. The van der Waals surface area contributed by atoms with Crippen LogP contribution >= 0.6 is 0 Å². The van der Waals surface area contributed by atoms with Gasteiger partial charge in [0.2, 0.25) is 5.75 Å². The highest BCUT2D eigenvalue weighted by molar-refractivity contribution is 5.73. The van der Waals surface area contributed by atoms with E-state index in [1.165, 1.54) is 18.3 Å². The van der Waals surface area contributed by atoms with E-state index in [2.05, 4.69) is 4.98 Å². The number of likely N-dealkylation sites (tertiary alicyclic amines) is 1. The molecule has 4 aromatic rings. The van der Waals surface area contributed by atoms with Crippen LogP contribution in [0.25, 0.3) is 11.1 Å². The van der Waals surface area contributed by atoms with Gasteiger partial charge in [-0.05, 0) is 66.3 Å². The summed E-state index contributed by atoms with van der Waals surface area (Å²) in [6.45, 7) is 2.87. The first-order chi connectivity index (χ1) is 21.3. The summed E-state index contributed by atoms with van der Waals surface area (Å²) < 4.78 is 12.3. The predicted octanol–water partition coefficient (Wildman–Crippen LogP) is 6.43. The summed E-state index contributed by atoms with van der Waals surface area (Å²) >= 11 is 0. The average molecular weight is 593 g/mol. The molecule has 1 fully saturated rings. The number of nitrogens with zero attached hydrogens (tertiary/aromatic N) is 4. The zero-order valence-corrected chi connectivity index (χ0v) is 24.3. The van der Waals surface area contributed by atoms with Crippen molar-refractivity contribution in [2.24, 2.45) is 0 Å². The maximum Gasteiger partial charge on any atom is 0.320 e. The first-order valence-electron chi connectivity index (χ1n) is 14.4. The lowest BCUT2D eigenvalue weighted by molar-refractivity contribution is -0.386. The van der Waals surface area contributed by atoms with E-state index in [-0.39, 0.29) is 36.9 Å². The lowest BCUT2D eigenvalue weighted by Gasteiger charge is -2.33. The molecular weight excluding hydrogens is 560 g/mol. The largest absolute Gasteiger partial charge is 0.488 e. The number of piperidine rings is 1. The molecule has 0 bridgehead atoms. The monoisotopic (exact) mass is 592 g/mol. The maximum atomic E-state index is 12.3. The fourth-order valence-corrected chi connectivity index (χ4v) is 5.50. The molecule has 10 heteroatoms. The van der Waals surface area contributed by atoms with Crippen molar-refractivity contribution in [1.82, 2.24) is 9.88 Å². The summed E-state index contributed by atoms with van der Waals surface area (Å²) in [5.41, 5.74) is 5.17. The third kappa shape index (κ3) is 7.02. The Hall–Kier alpha value is -5.27. The minimum Gasteiger partial charge on any atom is -0.488 e. The van der Waals surface area contributed by atoms with Crippen molar-refractivity contribution < 1.29 is 24.3 Å². The van der Waals surface area contributed by atoms with E-state index in [1.807, 2.05) is 66.4 Å². The third-order valence-corrected chi connectivity index (χ3v) is 7.86. The molecule has 0 saturated carbocycles. The number of benzene rings is 3. The Bertz CT molecular complexity index is 1700. The van der Waals surface area contributed by atoms with E-state index < -0.39 is 16.9 Å². The van der Waals surface area contributed by atoms with E-state index in [0.717, 1.165) is 35.1 Å². The number of nitriles is 1. The van der Waals surface area contributed by atoms with Crippen LogP contribution in [0.15, 0.2) is 79.0 Å². The van der Waals surface area contributed by atoms with Gasteiger partial charge < -0.3 is 14.6 Å². The molecule has 0 aliphatic carbocycles. The smallest absolute Gasteiger partial charge is 0.320 e. The van der Waals surface area contributed by atoms with E-state index in [0.29, 0.717) is 29.8 Å². The number of aliphatic carboxylic acids is 1. The van der Waals surface area contributed by atoms with Crippen LogP contribution in [-0.2, 0) is 24.6 Å². The second kappa shape index (κ2) is 13.8. The van der Waals surface area contributed by atoms with Crippen LogP contribution in [-0.4, -0.2) is 38.5 Å². The molecule has 3 aromatic carbocycles. The zero-order chi connectivity index (χ0) is 31.1. The SMILES string of the molecule is Cc1c(COc2cc(OCc3ccnc(C#N)c3)c(CN3CCCC[C@H]3C(=O)O)cc2[N+](=O)[O-])cccc1-c1ccccc1. The number of carboxylic acids is 1. The number of pyridine rings is 1. The lowest BCUT2D eigenvalue weighted by atomic mass is 9.97. The molecule has 0 unspecified atom stereocenters. The molecule has 1 saturated heterocycles. The molecule has 44 heavy (non-hydrogen) atoms. The van der Waals surface area contributed by atoms with Crippen LogP contribution in [0, 0.1) is 28.4 Å². The van der Waals surface area contributed by atoms with E-state index in [4.69, 9.17) is 9.47 Å². The molecule has 224 valence electrons. The Balaban J connectivity index is 1.47. The second-order valence-corrected chi connectivity index (χ2v) is 10.7. The molecular formula is C34H32N4O6. The standard InChI is InChI=1S/C34H32N4O6/c1-23-26(10-7-11-29(23)25-8-3-2-4-9-25)22-44-33-18-32(43-21-24-13-14-36-28(16-24)19-35)27(17-31(33)38(41)42)20-37-15-6-5-12-30(37)34(39)40/h2-4,7-11,13-14,16-18,30H,5-6,12,15,20-22H2,1H3,(H,39,40)/t30-/m0/s1. The van der Waals surface area contributed by atoms with Crippen molar-refractivity contribution in [3.8, 4) is 28.7 Å². The maximum absolute atomic E-state index is 12.3. The summed E-state index contributed by atoms with van der Waals surface area (Å²) in [7, 11) is 0. The number of ether oxygens (including phenoxy) is 2. The Morgan fingerprint density at radius 2 is 1.84 bits per heavy atom. The molecule has 10 nitrogen and oxygen atoms in total. The fraction of sp³-hybridized carbons (Fsp3) is 0.265. The number of carbonyl (C=O) groups is 1. The minimum absolute atomic E-state index is 0.0409. The van der Waals surface area contributed by atoms with Crippen molar-refractivity contribution >= 4 is 11.7 Å². The number of nitro groups is 1. The van der Waals surface area contributed by atoms with E-state index in [9.17, 15) is 25.3 Å². The summed E-state index contributed by atoms with van der Waals surface area (Å²) in [6.07, 6.45) is 3.65. The van der Waals surface area contributed by atoms with Crippen LogP contribution < -0.4 is 9.47 Å². The number of hydrogen-bond donors (Lipinski definition) is 1. The fourth-order valence-electron chi connectivity index (χ4n) is 5.50. The molecule has 1 aliphatic heterocycles. The quantitative estimate of drug-likeness (QED) is 0.154. The van der Waals surface area contributed by atoms with Gasteiger partial charge in [-0.25, -0.2) is 4.98 Å². The van der Waals surface area contributed by atoms with Crippen molar-refractivity contribution in [1.29, 1.82) is 5.26 Å². The molecule has 1 aromatic heterocycles. The summed E-state index contributed by atoms with van der Waals surface area (Å²) in [4.78, 5) is 29.5. The highest BCUT2D eigenvalue weighted by atomic mass is 16.6.